The Hall–Kier alpha value is -0.810. The lowest BCUT2D eigenvalue weighted by Gasteiger charge is -2.00. The molecule has 0 aliphatic heterocycles. The lowest BCUT2D eigenvalue weighted by atomic mass is 10.1. The highest BCUT2D eigenvalue weighted by Crippen LogP contribution is 2.12. The number of nitrogens with zero attached hydrogens (tertiary/aromatic N) is 1. The van der Waals surface area contributed by atoms with E-state index in [0.717, 1.165) is 10.9 Å². The molecule has 0 saturated heterocycles. The van der Waals surface area contributed by atoms with Gasteiger partial charge < -0.3 is 0 Å². The van der Waals surface area contributed by atoms with E-state index in [1.165, 1.54) is 5.56 Å². The van der Waals surface area contributed by atoms with E-state index >= 15 is 0 Å². The normalized spacial score (nSPS) is 9.09. The second-order valence-electron chi connectivity index (χ2n) is 2.24. The second kappa shape index (κ2) is 4.15. The van der Waals surface area contributed by atoms with Gasteiger partial charge in [-0.3, -0.25) is 0 Å². The summed E-state index contributed by atoms with van der Waals surface area (Å²) in [7, 11) is 0. The van der Waals surface area contributed by atoms with E-state index in [1.54, 1.807) is 0 Å². The van der Waals surface area contributed by atoms with Crippen LogP contribution in [0.4, 0.5) is 0 Å². The van der Waals surface area contributed by atoms with Gasteiger partial charge in [-0.2, -0.15) is 5.26 Å². The number of nitriles is 1. The van der Waals surface area contributed by atoms with E-state index in [2.05, 4.69) is 22.0 Å². The van der Waals surface area contributed by atoms with Gasteiger partial charge >= 0.3 is 0 Å². The minimum Gasteiger partial charge on any atom is -0.198 e. The van der Waals surface area contributed by atoms with Crippen LogP contribution in [0, 0.1) is 11.3 Å². The van der Waals surface area contributed by atoms with Crippen LogP contribution in [-0.2, 0) is 11.8 Å². The first kappa shape index (κ1) is 8.29. The van der Waals surface area contributed by atoms with E-state index in [-0.39, 0.29) is 0 Å². The van der Waals surface area contributed by atoms with Crippen LogP contribution in [0.1, 0.15) is 11.1 Å². The summed E-state index contributed by atoms with van der Waals surface area (Å²) < 4.78 is 0. The van der Waals surface area contributed by atoms with Crippen molar-refractivity contribution in [3.8, 4) is 6.07 Å². The molecule has 0 aliphatic carbocycles. The van der Waals surface area contributed by atoms with Gasteiger partial charge in [-0.25, -0.2) is 0 Å². The first-order chi connectivity index (χ1) is 5.38. The quantitative estimate of drug-likeness (QED) is 0.688. The number of halogens is 1. The first-order valence-electron chi connectivity index (χ1n) is 3.38. The Morgan fingerprint density at radius 2 is 1.91 bits per heavy atom. The van der Waals surface area contributed by atoms with Crippen molar-refractivity contribution < 1.29 is 0 Å². The molecule has 0 bridgehead atoms. The Morgan fingerprint density at radius 1 is 1.27 bits per heavy atom. The molecule has 0 saturated carbocycles. The van der Waals surface area contributed by atoms with E-state index in [1.807, 2.05) is 24.3 Å². The summed E-state index contributed by atoms with van der Waals surface area (Å²) in [5, 5.41) is 9.30. The smallest absolute Gasteiger partial charge is 0.0669 e. The Bertz CT molecular complexity index is 275. The van der Waals surface area contributed by atoms with Gasteiger partial charge in [0.25, 0.3) is 0 Å². The van der Waals surface area contributed by atoms with Gasteiger partial charge in [0.1, 0.15) is 0 Å². The van der Waals surface area contributed by atoms with E-state index in [4.69, 9.17) is 5.26 Å². The van der Waals surface area contributed by atoms with Gasteiger partial charge in [0.05, 0.1) is 12.5 Å². The van der Waals surface area contributed by atoms with Crippen molar-refractivity contribution in [3.63, 3.8) is 0 Å². The van der Waals surface area contributed by atoms with Crippen molar-refractivity contribution in [1.82, 2.24) is 0 Å². The molecule has 11 heavy (non-hydrogen) atoms. The van der Waals surface area contributed by atoms with Crippen LogP contribution in [0.3, 0.4) is 0 Å². The molecule has 0 aliphatic rings. The fraction of sp³-hybridized carbons (Fsp3) is 0.222. The van der Waals surface area contributed by atoms with Crippen molar-refractivity contribution in [2.75, 3.05) is 0 Å². The SMILES string of the molecule is N#CCc1ccccc1CBr. The molecule has 0 aromatic heterocycles. The van der Waals surface area contributed by atoms with E-state index in [0.29, 0.717) is 6.42 Å². The largest absolute Gasteiger partial charge is 0.198 e. The number of hydrogen-bond acceptors (Lipinski definition) is 1. The average molecular weight is 210 g/mol. The minimum absolute atomic E-state index is 0.502. The summed E-state index contributed by atoms with van der Waals surface area (Å²) in [6.45, 7) is 0. The molecule has 0 amide bonds. The van der Waals surface area contributed by atoms with Crippen LogP contribution in [0.5, 0.6) is 0 Å². The van der Waals surface area contributed by atoms with E-state index < -0.39 is 0 Å². The molecule has 0 unspecified atom stereocenters. The monoisotopic (exact) mass is 209 g/mol. The van der Waals surface area contributed by atoms with Crippen molar-refractivity contribution >= 4 is 15.9 Å². The number of alkyl halides is 1. The molecule has 0 spiro atoms. The number of benzene rings is 1. The van der Waals surface area contributed by atoms with Crippen LogP contribution in [0.15, 0.2) is 24.3 Å². The Morgan fingerprint density at radius 3 is 2.45 bits per heavy atom. The predicted molar refractivity (Wildman–Crippen MR) is 48.4 cm³/mol. The summed E-state index contributed by atoms with van der Waals surface area (Å²) in [5.74, 6) is 0. The Balaban J connectivity index is 2.94. The zero-order chi connectivity index (χ0) is 8.10. The van der Waals surface area contributed by atoms with Gasteiger partial charge in [0, 0.05) is 5.33 Å². The molecule has 0 fully saturated rings. The highest BCUT2D eigenvalue weighted by atomic mass is 79.9. The van der Waals surface area contributed by atoms with Gasteiger partial charge in [-0.1, -0.05) is 40.2 Å². The third-order valence-corrected chi connectivity index (χ3v) is 2.14. The molecule has 1 aromatic carbocycles. The van der Waals surface area contributed by atoms with Crippen LogP contribution >= 0.6 is 15.9 Å². The molecule has 0 N–H and O–H groups in total. The van der Waals surface area contributed by atoms with Gasteiger partial charge in [-0.05, 0) is 11.1 Å². The third-order valence-electron chi connectivity index (χ3n) is 1.53. The van der Waals surface area contributed by atoms with Gasteiger partial charge in [-0.15, -0.1) is 0 Å². The van der Waals surface area contributed by atoms with Crippen molar-refractivity contribution in [1.29, 1.82) is 5.26 Å². The van der Waals surface area contributed by atoms with Crippen molar-refractivity contribution in [2.45, 2.75) is 11.8 Å². The predicted octanol–water partition coefficient (Wildman–Crippen LogP) is 2.65. The highest BCUT2D eigenvalue weighted by Gasteiger charge is 1.97. The molecular formula is C9H8BrN. The zero-order valence-corrected chi connectivity index (χ0v) is 7.63. The highest BCUT2D eigenvalue weighted by molar-refractivity contribution is 9.08. The fourth-order valence-electron chi connectivity index (χ4n) is 0.945. The van der Waals surface area contributed by atoms with Crippen LogP contribution in [-0.4, -0.2) is 0 Å². The van der Waals surface area contributed by atoms with Gasteiger partial charge in [0.15, 0.2) is 0 Å². The standard InChI is InChI=1S/C9H8BrN/c10-7-9-4-2-1-3-8(9)5-6-11/h1-4H,5,7H2. The van der Waals surface area contributed by atoms with Crippen molar-refractivity contribution in [3.05, 3.63) is 35.4 Å². The molecule has 1 aromatic rings. The lowest BCUT2D eigenvalue weighted by Crippen LogP contribution is -1.88. The maximum absolute atomic E-state index is 8.47. The summed E-state index contributed by atoms with van der Waals surface area (Å²) in [6, 6.07) is 10.1. The number of rotatable bonds is 2. The molecule has 0 heterocycles. The lowest BCUT2D eigenvalue weighted by molar-refractivity contribution is 1.20. The summed E-state index contributed by atoms with van der Waals surface area (Å²) >= 11 is 3.37. The first-order valence-corrected chi connectivity index (χ1v) is 4.50. The summed E-state index contributed by atoms with van der Waals surface area (Å²) in [6.07, 6.45) is 0.502. The van der Waals surface area contributed by atoms with Crippen LogP contribution in [0.25, 0.3) is 0 Å². The molecule has 1 nitrogen and oxygen atoms in total. The Labute approximate surface area is 74.8 Å². The van der Waals surface area contributed by atoms with Crippen LogP contribution < -0.4 is 0 Å². The van der Waals surface area contributed by atoms with Crippen LogP contribution in [0.2, 0.25) is 0 Å². The molecule has 0 radical (unpaired) electrons. The molecule has 0 atom stereocenters. The molecular weight excluding hydrogens is 202 g/mol. The summed E-state index contributed by atoms with van der Waals surface area (Å²) in [4.78, 5) is 0. The third kappa shape index (κ3) is 2.06. The van der Waals surface area contributed by atoms with E-state index in [9.17, 15) is 0 Å². The summed E-state index contributed by atoms with van der Waals surface area (Å²) in [5.41, 5.74) is 2.32. The molecule has 56 valence electrons. The molecule has 1 rings (SSSR count). The number of hydrogen-bond donors (Lipinski definition) is 0. The Kier molecular flexibility index (Phi) is 3.13. The zero-order valence-electron chi connectivity index (χ0n) is 6.05. The fourth-order valence-corrected chi connectivity index (χ4v) is 1.49. The van der Waals surface area contributed by atoms with Crippen molar-refractivity contribution in [2.24, 2.45) is 0 Å². The second-order valence-corrected chi connectivity index (χ2v) is 2.80. The van der Waals surface area contributed by atoms with Gasteiger partial charge in [0.2, 0.25) is 0 Å². The average Bonchev–Trinajstić information content (AvgIpc) is 2.06. The maximum atomic E-state index is 8.47. The minimum atomic E-state index is 0.502. The topological polar surface area (TPSA) is 23.8 Å². The maximum Gasteiger partial charge on any atom is 0.0669 e. The molecule has 2 heteroatoms.